The number of benzene rings is 2. The van der Waals surface area contributed by atoms with Gasteiger partial charge in [-0.2, -0.15) is 0 Å². The summed E-state index contributed by atoms with van der Waals surface area (Å²) >= 11 is 5.87. The molecule has 0 aliphatic rings. The van der Waals surface area contributed by atoms with Gasteiger partial charge in [0.05, 0.1) is 11.3 Å². The van der Waals surface area contributed by atoms with Crippen LogP contribution in [0.5, 0.6) is 0 Å². The molecule has 108 valence electrons. The standard InChI is InChI=1S/C16H14ClNO3/c1-2-10-5-3-4-6-12(10)15(19)18-14-9-11(17)7-8-13(14)16(20)21/h3-9H,2H2,1H3,(H,18,19)(H,20,21). The van der Waals surface area contributed by atoms with Crippen LogP contribution in [0.4, 0.5) is 5.69 Å². The number of rotatable bonds is 4. The number of hydrogen-bond donors (Lipinski definition) is 2. The van der Waals surface area contributed by atoms with Gasteiger partial charge in [-0.15, -0.1) is 0 Å². The Morgan fingerprint density at radius 1 is 1.14 bits per heavy atom. The van der Waals surface area contributed by atoms with Crippen molar-refractivity contribution in [3.63, 3.8) is 0 Å². The molecule has 0 heterocycles. The second-order valence-corrected chi connectivity index (χ2v) is 4.90. The molecular weight excluding hydrogens is 290 g/mol. The van der Waals surface area contributed by atoms with E-state index in [1.165, 1.54) is 18.2 Å². The first kappa shape index (κ1) is 15.1. The Hall–Kier alpha value is -2.33. The van der Waals surface area contributed by atoms with Crippen LogP contribution >= 0.6 is 11.6 Å². The number of carbonyl (C=O) groups excluding carboxylic acids is 1. The third kappa shape index (κ3) is 3.41. The lowest BCUT2D eigenvalue weighted by Gasteiger charge is -2.11. The van der Waals surface area contributed by atoms with Crippen molar-refractivity contribution < 1.29 is 14.7 Å². The summed E-state index contributed by atoms with van der Waals surface area (Å²) in [5, 5.41) is 12.1. The van der Waals surface area contributed by atoms with Crippen LogP contribution in [0.2, 0.25) is 5.02 Å². The molecule has 5 heteroatoms. The largest absolute Gasteiger partial charge is 0.478 e. The van der Waals surface area contributed by atoms with Crippen molar-refractivity contribution in [2.24, 2.45) is 0 Å². The van der Waals surface area contributed by atoms with E-state index in [0.29, 0.717) is 17.0 Å². The second-order valence-electron chi connectivity index (χ2n) is 4.46. The minimum Gasteiger partial charge on any atom is -0.478 e. The average Bonchev–Trinajstić information content (AvgIpc) is 2.46. The van der Waals surface area contributed by atoms with Crippen molar-refractivity contribution in [2.75, 3.05) is 5.32 Å². The van der Waals surface area contributed by atoms with Crippen LogP contribution in [0.3, 0.4) is 0 Å². The normalized spacial score (nSPS) is 10.2. The SMILES string of the molecule is CCc1ccccc1C(=O)Nc1cc(Cl)ccc1C(=O)O. The van der Waals surface area contributed by atoms with Crippen LogP contribution in [0.15, 0.2) is 42.5 Å². The first-order valence-electron chi connectivity index (χ1n) is 6.45. The molecule has 2 N–H and O–H groups in total. The highest BCUT2D eigenvalue weighted by molar-refractivity contribution is 6.31. The molecule has 0 saturated carbocycles. The third-order valence-corrected chi connectivity index (χ3v) is 3.34. The van der Waals surface area contributed by atoms with Crippen LogP contribution in [-0.2, 0) is 6.42 Å². The molecule has 21 heavy (non-hydrogen) atoms. The van der Waals surface area contributed by atoms with Crippen molar-refractivity contribution >= 4 is 29.2 Å². The fourth-order valence-electron chi connectivity index (χ4n) is 2.05. The predicted molar refractivity (Wildman–Crippen MR) is 82.2 cm³/mol. The second kappa shape index (κ2) is 6.41. The van der Waals surface area contributed by atoms with Crippen LogP contribution in [0.1, 0.15) is 33.2 Å². The highest BCUT2D eigenvalue weighted by atomic mass is 35.5. The van der Waals surface area contributed by atoms with E-state index in [1.807, 2.05) is 19.1 Å². The number of carbonyl (C=O) groups is 2. The molecule has 2 rings (SSSR count). The Balaban J connectivity index is 2.36. The lowest BCUT2D eigenvalue weighted by atomic mass is 10.0. The molecule has 4 nitrogen and oxygen atoms in total. The summed E-state index contributed by atoms with van der Waals surface area (Å²) in [7, 11) is 0. The molecule has 0 radical (unpaired) electrons. The highest BCUT2D eigenvalue weighted by Gasteiger charge is 2.15. The molecule has 0 saturated heterocycles. The number of halogens is 1. The summed E-state index contributed by atoms with van der Waals surface area (Å²) in [6.45, 7) is 1.95. The van der Waals surface area contributed by atoms with Crippen LogP contribution < -0.4 is 5.32 Å². The Kier molecular flexibility index (Phi) is 4.60. The van der Waals surface area contributed by atoms with E-state index in [0.717, 1.165) is 5.56 Å². The highest BCUT2D eigenvalue weighted by Crippen LogP contribution is 2.22. The molecule has 0 bridgehead atoms. The van der Waals surface area contributed by atoms with Gasteiger partial charge in [0.15, 0.2) is 0 Å². The van der Waals surface area contributed by atoms with Gasteiger partial charge in [0.2, 0.25) is 0 Å². The van der Waals surface area contributed by atoms with Gasteiger partial charge >= 0.3 is 5.97 Å². The van der Waals surface area contributed by atoms with E-state index in [9.17, 15) is 9.59 Å². The maximum Gasteiger partial charge on any atom is 0.337 e. The number of hydrogen-bond acceptors (Lipinski definition) is 2. The zero-order chi connectivity index (χ0) is 15.4. The van der Waals surface area contributed by atoms with Gasteiger partial charge in [0.1, 0.15) is 0 Å². The van der Waals surface area contributed by atoms with Crippen molar-refractivity contribution in [3.05, 3.63) is 64.2 Å². The van der Waals surface area contributed by atoms with Gasteiger partial charge in [-0.25, -0.2) is 4.79 Å². The number of aromatic carboxylic acids is 1. The zero-order valence-corrected chi connectivity index (χ0v) is 12.1. The Morgan fingerprint density at radius 2 is 1.86 bits per heavy atom. The summed E-state index contributed by atoms with van der Waals surface area (Å²) in [6, 6.07) is 11.5. The summed E-state index contributed by atoms with van der Waals surface area (Å²) in [5.74, 6) is -1.47. The van der Waals surface area contributed by atoms with Gasteiger partial charge < -0.3 is 10.4 Å². The van der Waals surface area contributed by atoms with Gasteiger partial charge in [-0.1, -0.05) is 36.7 Å². The van der Waals surface area contributed by atoms with E-state index in [-0.39, 0.29) is 17.2 Å². The third-order valence-electron chi connectivity index (χ3n) is 3.10. The van der Waals surface area contributed by atoms with Crippen molar-refractivity contribution in [2.45, 2.75) is 13.3 Å². The molecule has 1 amide bonds. The summed E-state index contributed by atoms with van der Waals surface area (Å²) in [4.78, 5) is 23.5. The van der Waals surface area contributed by atoms with Crippen LogP contribution in [-0.4, -0.2) is 17.0 Å². The summed E-state index contributed by atoms with van der Waals surface area (Å²) in [5.41, 5.74) is 1.61. The fourth-order valence-corrected chi connectivity index (χ4v) is 2.22. The first-order chi connectivity index (χ1) is 10.0. The number of nitrogens with one attached hydrogen (secondary N) is 1. The molecule has 0 unspecified atom stereocenters. The van der Waals surface area contributed by atoms with E-state index in [4.69, 9.17) is 16.7 Å². The van der Waals surface area contributed by atoms with Crippen LogP contribution in [0, 0.1) is 0 Å². The molecule has 0 aromatic heterocycles. The van der Waals surface area contributed by atoms with Crippen molar-refractivity contribution in [1.82, 2.24) is 0 Å². The van der Waals surface area contributed by atoms with Crippen molar-refractivity contribution in [3.8, 4) is 0 Å². The number of anilines is 1. The number of amides is 1. The van der Waals surface area contributed by atoms with Gasteiger partial charge in [0.25, 0.3) is 5.91 Å². The maximum absolute atomic E-state index is 12.3. The monoisotopic (exact) mass is 303 g/mol. The quantitative estimate of drug-likeness (QED) is 0.901. The molecular formula is C16H14ClNO3. The lowest BCUT2D eigenvalue weighted by Crippen LogP contribution is -2.16. The summed E-state index contributed by atoms with van der Waals surface area (Å²) in [6.07, 6.45) is 0.713. The molecule has 2 aromatic rings. The first-order valence-corrected chi connectivity index (χ1v) is 6.82. The molecule has 0 aliphatic heterocycles. The van der Waals surface area contributed by atoms with E-state index in [2.05, 4.69) is 5.32 Å². The number of carboxylic acids is 1. The zero-order valence-electron chi connectivity index (χ0n) is 11.4. The molecule has 2 aromatic carbocycles. The number of aryl methyl sites for hydroxylation is 1. The van der Waals surface area contributed by atoms with Gasteiger partial charge in [0, 0.05) is 10.6 Å². The number of carboxylic acid groups (broad SMARTS) is 1. The topological polar surface area (TPSA) is 66.4 Å². The average molecular weight is 304 g/mol. The Labute approximate surface area is 127 Å². The lowest BCUT2D eigenvalue weighted by molar-refractivity contribution is 0.0698. The minimum atomic E-state index is -1.12. The summed E-state index contributed by atoms with van der Waals surface area (Å²) < 4.78 is 0. The molecule has 0 fully saturated rings. The molecule has 0 spiro atoms. The predicted octanol–water partition coefficient (Wildman–Crippen LogP) is 3.85. The maximum atomic E-state index is 12.3. The van der Waals surface area contributed by atoms with Gasteiger partial charge in [-0.05, 0) is 36.2 Å². The van der Waals surface area contributed by atoms with Gasteiger partial charge in [-0.3, -0.25) is 4.79 Å². The Bertz CT molecular complexity index is 698. The molecule has 0 aliphatic carbocycles. The Morgan fingerprint density at radius 3 is 2.52 bits per heavy atom. The fraction of sp³-hybridized carbons (Fsp3) is 0.125. The smallest absolute Gasteiger partial charge is 0.337 e. The molecule has 0 atom stereocenters. The van der Waals surface area contributed by atoms with E-state index in [1.54, 1.807) is 12.1 Å². The minimum absolute atomic E-state index is 0.00160. The van der Waals surface area contributed by atoms with Crippen molar-refractivity contribution in [1.29, 1.82) is 0 Å². The van der Waals surface area contributed by atoms with E-state index < -0.39 is 5.97 Å². The van der Waals surface area contributed by atoms with Crippen LogP contribution in [0.25, 0.3) is 0 Å². The van der Waals surface area contributed by atoms with E-state index >= 15 is 0 Å².